The highest BCUT2D eigenvalue weighted by atomic mass is 16.5. The molecule has 0 N–H and O–H groups in total. The van der Waals surface area contributed by atoms with Crippen molar-refractivity contribution in [3.8, 4) is 11.1 Å². The van der Waals surface area contributed by atoms with Crippen LogP contribution in [0.15, 0.2) is 48.5 Å². The van der Waals surface area contributed by atoms with Gasteiger partial charge in [0.25, 0.3) is 0 Å². The number of Topliss-reactive ketones (excluding diaryl/α,β-unsaturated/α-hetero) is 1. The third kappa shape index (κ3) is 2.81. The van der Waals surface area contributed by atoms with Crippen LogP contribution in [0.25, 0.3) is 11.1 Å². The molecular formula is C21H18N2O3. The predicted molar refractivity (Wildman–Crippen MR) is 97.2 cm³/mol. The van der Waals surface area contributed by atoms with Crippen LogP contribution in [0, 0.1) is 6.92 Å². The first-order valence-electron chi connectivity index (χ1n) is 8.45. The monoisotopic (exact) mass is 346 g/mol. The van der Waals surface area contributed by atoms with Crippen molar-refractivity contribution in [1.82, 2.24) is 9.78 Å². The molecule has 130 valence electrons. The van der Waals surface area contributed by atoms with Gasteiger partial charge in [0.2, 0.25) is 0 Å². The summed E-state index contributed by atoms with van der Waals surface area (Å²) in [6.07, 6.45) is 0.884. The van der Waals surface area contributed by atoms with Gasteiger partial charge in [0.1, 0.15) is 5.69 Å². The SMILES string of the molecule is Cc1cc(C(=O)OCC(=O)c2ccc3c(c2)-c2ccccc2C3)n(C)n1. The van der Waals surface area contributed by atoms with Gasteiger partial charge in [0, 0.05) is 12.6 Å². The molecule has 0 radical (unpaired) electrons. The number of hydrogen-bond acceptors (Lipinski definition) is 4. The number of esters is 1. The largest absolute Gasteiger partial charge is 0.453 e. The smallest absolute Gasteiger partial charge is 0.357 e. The molecule has 0 bridgehead atoms. The van der Waals surface area contributed by atoms with Gasteiger partial charge in [0.05, 0.1) is 5.69 Å². The van der Waals surface area contributed by atoms with E-state index in [0.29, 0.717) is 11.3 Å². The summed E-state index contributed by atoms with van der Waals surface area (Å²) in [4.78, 5) is 24.6. The van der Waals surface area contributed by atoms with Crippen LogP contribution in [0.2, 0.25) is 0 Å². The van der Waals surface area contributed by atoms with Crippen LogP contribution >= 0.6 is 0 Å². The van der Waals surface area contributed by atoms with Gasteiger partial charge >= 0.3 is 5.97 Å². The number of carbonyl (C=O) groups excluding carboxylic acids is 2. The van der Waals surface area contributed by atoms with E-state index in [1.54, 1.807) is 26.1 Å². The van der Waals surface area contributed by atoms with E-state index in [0.717, 1.165) is 17.7 Å². The minimum atomic E-state index is -0.548. The minimum Gasteiger partial charge on any atom is -0.453 e. The molecule has 5 nitrogen and oxygen atoms in total. The van der Waals surface area contributed by atoms with E-state index < -0.39 is 5.97 Å². The highest BCUT2D eigenvalue weighted by Crippen LogP contribution is 2.36. The Balaban J connectivity index is 1.50. The highest BCUT2D eigenvalue weighted by molar-refractivity contribution is 6.00. The lowest BCUT2D eigenvalue weighted by molar-refractivity contribution is 0.0464. The summed E-state index contributed by atoms with van der Waals surface area (Å²) in [6.45, 7) is 1.51. The number of nitrogens with zero attached hydrogens (tertiary/aromatic N) is 2. The lowest BCUT2D eigenvalue weighted by Crippen LogP contribution is -2.16. The molecule has 1 aliphatic carbocycles. The molecule has 0 fully saturated rings. The second-order valence-corrected chi connectivity index (χ2v) is 6.50. The number of rotatable bonds is 4. The maximum Gasteiger partial charge on any atom is 0.357 e. The molecular weight excluding hydrogens is 328 g/mol. The maximum atomic E-state index is 12.5. The van der Waals surface area contributed by atoms with Crippen LogP contribution in [-0.4, -0.2) is 28.1 Å². The number of benzene rings is 2. The number of carbonyl (C=O) groups is 2. The molecule has 2 aromatic carbocycles. The average Bonchev–Trinajstić information content (AvgIpc) is 3.18. The molecule has 1 aromatic heterocycles. The molecule has 0 aliphatic heterocycles. The molecule has 1 heterocycles. The molecule has 0 saturated heterocycles. The van der Waals surface area contributed by atoms with Crippen molar-refractivity contribution in [2.75, 3.05) is 6.61 Å². The topological polar surface area (TPSA) is 61.2 Å². The molecule has 0 amide bonds. The molecule has 1 aliphatic rings. The Hall–Kier alpha value is -3.21. The van der Waals surface area contributed by atoms with Crippen LogP contribution in [0.1, 0.15) is 37.7 Å². The van der Waals surface area contributed by atoms with Gasteiger partial charge in [-0.25, -0.2) is 4.79 Å². The van der Waals surface area contributed by atoms with Crippen molar-refractivity contribution < 1.29 is 14.3 Å². The molecule has 0 saturated carbocycles. The van der Waals surface area contributed by atoms with Crippen molar-refractivity contribution >= 4 is 11.8 Å². The molecule has 4 rings (SSSR count). The minimum absolute atomic E-state index is 0.218. The Bertz CT molecular complexity index is 1030. The number of fused-ring (bicyclic) bond motifs is 3. The molecule has 5 heteroatoms. The van der Waals surface area contributed by atoms with Crippen molar-refractivity contribution in [2.24, 2.45) is 7.05 Å². The van der Waals surface area contributed by atoms with Crippen LogP contribution < -0.4 is 0 Å². The Labute approximate surface area is 151 Å². The lowest BCUT2D eigenvalue weighted by Gasteiger charge is -2.07. The third-order valence-electron chi connectivity index (χ3n) is 4.67. The second kappa shape index (κ2) is 6.26. The fourth-order valence-corrected chi connectivity index (χ4v) is 3.39. The van der Waals surface area contributed by atoms with Crippen molar-refractivity contribution in [3.05, 3.63) is 76.6 Å². The van der Waals surface area contributed by atoms with Gasteiger partial charge < -0.3 is 4.74 Å². The van der Waals surface area contributed by atoms with Crippen LogP contribution in [0.4, 0.5) is 0 Å². The third-order valence-corrected chi connectivity index (χ3v) is 4.67. The number of ketones is 1. The highest BCUT2D eigenvalue weighted by Gasteiger charge is 2.20. The summed E-state index contributed by atoms with van der Waals surface area (Å²) in [7, 11) is 1.67. The van der Waals surface area contributed by atoms with Crippen molar-refractivity contribution in [1.29, 1.82) is 0 Å². The van der Waals surface area contributed by atoms with Crippen LogP contribution in [-0.2, 0) is 18.2 Å². The summed E-state index contributed by atoms with van der Waals surface area (Å²) < 4.78 is 6.63. The van der Waals surface area contributed by atoms with Gasteiger partial charge in [-0.05, 0) is 47.7 Å². The first-order valence-corrected chi connectivity index (χ1v) is 8.45. The zero-order chi connectivity index (χ0) is 18.3. The van der Waals surface area contributed by atoms with Gasteiger partial charge in [-0.2, -0.15) is 5.10 Å². The van der Waals surface area contributed by atoms with Crippen LogP contribution in [0.5, 0.6) is 0 Å². The van der Waals surface area contributed by atoms with E-state index in [9.17, 15) is 9.59 Å². The van der Waals surface area contributed by atoms with E-state index in [4.69, 9.17) is 4.74 Å². The summed E-state index contributed by atoms with van der Waals surface area (Å²) in [5.74, 6) is -0.766. The fourth-order valence-electron chi connectivity index (χ4n) is 3.39. The van der Waals surface area contributed by atoms with Crippen molar-refractivity contribution in [3.63, 3.8) is 0 Å². The van der Waals surface area contributed by atoms with Crippen LogP contribution in [0.3, 0.4) is 0 Å². The standard InChI is InChI=1S/C21H18N2O3/c1-13-9-19(23(2)22-13)21(25)26-12-20(24)16-8-7-15-10-14-5-3-4-6-17(14)18(15)11-16/h3-9,11H,10,12H2,1-2H3. The van der Waals surface area contributed by atoms with Crippen molar-refractivity contribution in [2.45, 2.75) is 13.3 Å². The maximum absolute atomic E-state index is 12.5. The number of ether oxygens (including phenoxy) is 1. The van der Waals surface area contributed by atoms with E-state index in [1.165, 1.54) is 21.4 Å². The average molecular weight is 346 g/mol. The summed E-state index contributed by atoms with van der Waals surface area (Å²) in [6, 6.07) is 15.5. The van der Waals surface area contributed by atoms with Gasteiger partial charge in [-0.1, -0.05) is 36.4 Å². The van der Waals surface area contributed by atoms with Gasteiger partial charge in [-0.15, -0.1) is 0 Å². The quantitative estimate of drug-likeness (QED) is 0.420. The zero-order valence-corrected chi connectivity index (χ0v) is 14.7. The fraction of sp³-hybridized carbons (Fsp3) is 0.190. The predicted octanol–water partition coefficient (Wildman–Crippen LogP) is 3.34. The molecule has 0 unspecified atom stereocenters. The summed E-state index contributed by atoms with van der Waals surface area (Å²) >= 11 is 0. The zero-order valence-electron chi connectivity index (χ0n) is 14.7. The first-order chi connectivity index (χ1) is 12.5. The summed E-state index contributed by atoms with van der Waals surface area (Å²) in [5, 5.41) is 4.11. The lowest BCUT2D eigenvalue weighted by atomic mass is 10.0. The molecule has 0 spiro atoms. The molecule has 3 aromatic rings. The normalized spacial score (nSPS) is 11.8. The first kappa shape index (κ1) is 16.3. The second-order valence-electron chi connectivity index (χ2n) is 6.50. The Morgan fingerprint density at radius 1 is 1.08 bits per heavy atom. The number of aryl methyl sites for hydroxylation is 2. The number of aromatic nitrogens is 2. The molecule has 26 heavy (non-hydrogen) atoms. The van der Waals surface area contributed by atoms with E-state index in [2.05, 4.69) is 17.2 Å². The summed E-state index contributed by atoms with van der Waals surface area (Å²) in [5.41, 5.74) is 6.34. The number of hydrogen-bond donors (Lipinski definition) is 0. The van der Waals surface area contributed by atoms with E-state index >= 15 is 0 Å². The molecule has 0 atom stereocenters. The van der Waals surface area contributed by atoms with E-state index in [-0.39, 0.29) is 12.4 Å². The Morgan fingerprint density at radius 3 is 2.62 bits per heavy atom. The van der Waals surface area contributed by atoms with Gasteiger partial charge in [-0.3, -0.25) is 9.48 Å². The van der Waals surface area contributed by atoms with E-state index in [1.807, 2.05) is 24.3 Å². The Kier molecular flexibility index (Phi) is 3.92. The Morgan fingerprint density at radius 2 is 1.85 bits per heavy atom. The van der Waals surface area contributed by atoms with Gasteiger partial charge in [0.15, 0.2) is 12.4 Å².